The molecule has 1 N–H and O–H groups in total. The molecule has 0 bridgehead atoms. The molecule has 100 valence electrons. The maximum atomic E-state index is 13.0. The first-order valence-electron chi connectivity index (χ1n) is 5.63. The summed E-state index contributed by atoms with van der Waals surface area (Å²) in [5.74, 6) is 0. The minimum Gasteiger partial charge on any atom is -0.444 e. The highest BCUT2D eigenvalue weighted by Gasteiger charge is 2.21. The van der Waals surface area contributed by atoms with Gasteiger partial charge in [-0.25, -0.2) is 9.18 Å². The van der Waals surface area contributed by atoms with Crippen LogP contribution in [0.4, 0.5) is 9.18 Å². The third-order valence-corrected chi connectivity index (χ3v) is 2.47. The normalized spacial score (nSPS) is 12.9. The van der Waals surface area contributed by atoms with Crippen LogP contribution in [0, 0.1) is 0 Å². The summed E-state index contributed by atoms with van der Waals surface area (Å²) in [5.41, 5.74) is -0.0849. The Morgan fingerprint density at radius 3 is 2.56 bits per heavy atom. The molecule has 0 aromatic heterocycles. The van der Waals surface area contributed by atoms with Crippen molar-refractivity contribution >= 4 is 17.7 Å². The number of hydrogen-bond donors (Lipinski definition) is 1. The molecule has 5 heteroatoms. The topological polar surface area (TPSA) is 38.3 Å². The Morgan fingerprint density at radius 2 is 2.06 bits per heavy atom. The average molecular weight is 274 g/mol. The summed E-state index contributed by atoms with van der Waals surface area (Å²) >= 11 is 5.96. The molecule has 1 rings (SSSR count). The first-order valence-corrected chi connectivity index (χ1v) is 6.01. The number of amides is 1. The number of ether oxygens (including phenoxy) is 1. The number of carbonyl (C=O) groups is 1. The summed E-state index contributed by atoms with van der Waals surface area (Å²) in [4.78, 5) is 11.6. The number of benzene rings is 1. The van der Waals surface area contributed by atoms with E-state index in [4.69, 9.17) is 16.3 Å². The summed E-state index contributed by atoms with van der Waals surface area (Å²) in [5, 5.41) is 2.87. The number of carbonyl (C=O) groups excluding carboxylic acids is 1. The van der Waals surface area contributed by atoms with Gasteiger partial charge in [-0.2, -0.15) is 0 Å². The summed E-state index contributed by atoms with van der Waals surface area (Å²) in [6, 6.07) is 6.00. The second kappa shape index (κ2) is 6.05. The number of rotatable bonds is 3. The number of alkyl carbamates (subject to hydrolysis) is 1. The van der Waals surface area contributed by atoms with Gasteiger partial charge >= 0.3 is 6.09 Å². The molecule has 18 heavy (non-hydrogen) atoms. The van der Waals surface area contributed by atoms with Gasteiger partial charge in [-0.1, -0.05) is 29.8 Å². The molecule has 0 aliphatic carbocycles. The van der Waals surface area contributed by atoms with E-state index in [1.54, 1.807) is 45.0 Å². The molecule has 1 unspecified atom stereocenters. The first-order chi connectivity index (χ1) is 8.33. The maximum absolute atomic E-state index is 13.0. The van der Waals surface area contributed by atoms with Gasteiger partial charge in [-0.05, 0) is 32.4 Å². The molecule has 1 aromatic rings. The van der Waals surface area contributed by atoms with Gasteiger partial charge in [0.1, 0.15) is 12.3 Å². The lowest BCUT2D eigenvalue weighted by Crippen LogP contribution is -2.35. The van der Waals surface area contributed by atoms with Crippen molar-refractivity contribution in [1.82, 2.24) is 5.32 Å². The van der Waals surface area contributed by atoms with Crippen LogP contribution >= 0.6 is 11.6 Å². The molecule has 0 saturated heterocycles. The Hall–Kier alpha value is -1.29. The largest absolute Gasteiger partial charge is 0.444 e. The third kappa shape index (κ3) is 4.53. The summed E-state index contributed by atoms with van der Waals surface area (Å²) < 4.78 is 18.1. The van der Waals surface area contributed by atoms with Crippen molar-refractivity contribution in [3.05, 3.63) is 34.9 Å². The Bertz CT molecular complexity index is 418. The van der Waals surface area contributed by atoms with E-state index in [1.807, 2.05) is 0 Å². The molecule has 1 aromatic carbocycles. The highest BCUT2D eigenvalue weighted by atomic mass is 35.5. The van der Waals surface area contributed by atoms with Crippen LogP contribution in [-0.2, 0) is 4.74 Å². The predicted molar refractivity (Wildman–Crippen MR) is 69.5 cm³/mol. The van der Waals surface area contributed by atoms with Crippen LogP contribution in [0.5, 0.6) is 0 Å². The molecule has 0 saturated carbocycles. The van der Waals surface area contributed by atoms with Crippen LogP contribution in [0.3, 0.4) is 0 Å². The molecule has 0 fully saturated rings. The van der Waals surface area contributed by atoms with Gasteiger partial charge in [-0.3, -0.25) is 0 Å². The Labute approximate surface area is 111 Å². The second-order valence-electron chi connectivity index (χ2n) is 4.87. The van der Waals surface area contributed by atoms with Crippen LogP contribution in [0.15, 0.2) is 24.3 Å². The quantitative estimate of drug-likeness (QED) is 0.908. The molecule has 0 heterocycles. The number of alkyl halides is 1. The fourth-order valence-corrected chi connectivity index (χ4v) is 1.67. The predicted octanol–water partition coefficient (Wildman–Crippen LogP) is 3.88. The molecular weight excluding hydrogens is 257 g/mol. The van der Waals surface area contributed by atoms with Crippen molar-refractivity contribution in [3.8, 4) is 0 Å². The van der Waals surface area contributed by atoms with Gasteiger partial charge < -0.3 is 10.1 Å². The fourth-order valence-electron chi connectivity index (χ4n) is 1.41. The van der Waals surface area contributed by atoms with Gasteiger partial charge in [0.25, 0.3) is 0 Å². The highest BCUT2D eigenvalue weighted by Crippen LogP contribution is 2.23. The molecular formula is C13H17ClFNO2. The average Bonchev–Trinajstić information content (AvgIpc) is 2.24. The van der Waals surface area contributed by atoms with Crippen molar-refractivity contribution < 1.29 is 13.9 Å². The van der Waals surface area contributed by atoms with Gasteiger partial charge in [0, 0.05) is 5.02 Å². The van der Waals surface area contributed by atoms with Gasteiger partial charge in [0.05, 0.1) is 6.04 Å². The molecule has 1 amide bonds. The van der Waals surface area contributed by atoms with Gasteiger partial charge in [-0.15, -0.1) is 0 Å². The summed E-state index contributed by atoms with van der Waals surface area (Å²) in [6.45, 7) is 4.48. The van der Waals surface area contributed by atoms with Crippen molar-refractivity contribution in [2.24, 2.45) is 0 Å². The fraction of sp³-hybridized carbons (Fsp3) is 0.462. The van der Waals surface area contributed by atoms with E-state index >= 15 is 0 Å². The summed E-state index contributed by atoms with van der Waals surface area (Å²) in [7, 11) is 0. The Balaban J connectivity index is 2.74. The highest BCUT2D eigenvalue weighted by molar-refractivity contribution is 6.31. The van der Waals surface area contributed by atoms with Crippen molar-refractivity contribution in [2.45, 2.75) is 32.4 Å². The number of hydrogen-bond acceptors (Lipinski definition) is 2. The standard InChI is InChI=1S/C13H17ClFNO2/c1-13(2,3)18-12(17)16-11(8-15)9-6-4-5-7-10(9)14/h4-7,11H,8H2,1-3H3,(H,16,17). The minimum absolute atomic E-state index is 0.413. The molecule has 1 atom stereocenters. The van der Waals surface area contributed by atoms with E-state index < -0.39 is 24.4 Å². The zero-order valence-electron chi connectivity index (χ0n) is 10.7. The zero-order valence-corrected chi connectivity index (χ0v) is 11.4. The van der Waals surface area contributed by atoms with E-state index in [0.29, 0.717) is 10.6 Å². The van der Waals surface area contributed by atoms with E-state index in [2.05, 4.69) is 5.32 Å². The van der Waals surface area contributed by atoms with Crippen LogP contribution in [0.2, 0.25) is 5.02 Å². The number of halogens is 2. The lowest BCUT2D eigenvalue weighted by Gasteiger charge is -2.23. The minimum atomic E-state index is -0.798. The van der Waals surface area contributed by atoms with E-state index in [-0.39, 0.29) is 0 Å². The third-order valence-electron chi connectivity index (χ3n) is 2.13. The van der Waals surface area contributed by atoms with E-state index in [1.165, 1.54) is 0 Å². The molecule has 0 spiro atoms. The molecule has 0 aliphatic heterocycles. The lowest BCUT2D eigenvalue weighted by atomic mass is 10.1. The van der Waals surface area contributed by atoms with Gasteiger partial charge in [0.2, 0.25) is 0 Å². The monoisotopic (exact) mass is 273 g/mol. The SMILES string of the molecule is CC(C)(C)OC(=O)NC(CF)c1ccccc1Cl. The van der Waals surface area contributed by atoms with Crippen LogP contribution in [0.1, 0.15) is 32.4 Å². The van der Waals surface area contributed by atoms with Gasteiger partial charge in [0.15, 0.2) is 0 Å². The Morgan fingerprint density at radius 1 is 1.44 bits per heavy atom. The molecule has 0 aliphatic rings. The molecule has 3 nitrogen and oxygen atoms in total. The Kier molecular flexibility index (Phi) is 4.96. The van der Waals surface area contributed by atoms with Crippen LogP contribution < -0.4 is 5.32 Å². The van der Waals surface area contributed by atoms with Crippen molar-refractivity contribution in [1.29, 1.82) is 0 Å². The maximum Gasteiger partial charge on any atom is 0.408 e. The first kappa shape index (κ1) is 14.8. The van der Waals surface area contributed by atoms with Crippen molar-refractivity contribution in [3.63, 3.8) is 0 Å². The smallest absolute Gasteiger partial charge is 0.408 e. The lowest BCUT2D eigenvalue weighted by molar-refractivity contribution is 0.0495. The van der Waals surface area contributed by atoms with Crippen molar-refractivity contribution in [2.75, 3.05) is 6.67 Å². The van der Waals surface area contributed by atoms with Crippen LogP contribution in [0.25, 0.3) is 0 Å². The van der Waals surface area contributed by atoms with E-state index in [0.717, 1.165) is 0 Å². The summed E-state index contributed by atoms with van der Waals surface area (Å²) in [6.07, 6.45) is -0.662. The molecule has 0 radical (unpaired) electrons. The van der Waals surface area contributed by atoms with E-state index in [9.17, 15) is 9.18 Å². The number of nitrogens with one attached hydrogen (secondary N) is 1. The van der Waals surface area contributed by atoms with Crippen LogP contribution in [-0.4, -0.2) is 18.4 Å². The zero-order chi connectivity index (χ0) is 13.8. The second-order valence-corrected chi connectivity index (χ2v) is 5.28.